The summed E-state index contributed by atoms with van der Waals surface area (Å²) in [5.41, 5.74) is 2.89. The van der Waals surface area contributed by atoms with E-state index in [9.17, 15) is 0 Å². The molecule has 3 aromatic rings. The number of nitrogens with one attached hydrogen (secondary N) is 1. The zero-order valence-electron chi connectivity index (χ0n) is 14.8. The number of ether oxygens (including phenoxy) is 1. The molecule has 1 N–H and O–H groups in total. The number of benzene rings is 1. The van der Waals surface area contributed by atoms with Gasteiger partial charge in [0, 0.05) is 49.0 Å². The average Bonchev–Trinajstić information content (AvgIpc) is 2.70. The Balaban J connectivity index is 1.81. The standard InChI is InChI=1S/C20H19ClN4OS/c1-26-19-10-17(21)6-7-18(19)24-20(27)25(13-15-4-2-8-22-11-15)14-16-5-3-9-23-12-16/h2-12H,13-14H2,1H3,(H,24,27). The lowest BCUT2D eigenvalue weighted by atomic mass is 10.2. The van der Waals surface area contributed by atoms with Crippen molar-refractivity contribution in [2.45, 2.75) is 13.1 Å². The number of hydrogen-bond donors (Lipinski definition) is 1. The molecular weight excluding hydrogens is 380 g/mol. The quantitative estimate of drug-likeness (QED) is 0.615. The van der Waals surface area contributed by atoms with Gasteiger partial charge in [0.15, 0.2) is 5.11 Å². The normalized spacial score (nSPS) is 10.3. The van der Waals surface area contributed by atoms with Crippen molar-refractivity contribution < 1.29 is 4.74 Å². The van der Waals surface area contributed by atoms with Crippen LogP contribution in [0.15, 0.2) is 67.3 Å². The molecule has 0 bridgehead atoms. The summed E-state index contributed by atoms with van der Waals surface area (Å²) in [7, 11) is 1.60. The molecule has 0 atom stereocenters. The number of thiocarbonyl (C=S) groups is 1. The van der Waals surface area contributed by atoms with Crippen LogP contribution in [-0.4, -0.2) is 27.1 Å². The van der Waals surface area contributed by atoms with E-state index in [2.05, 4.69) is 20.2 Å². The SMILES string of the molecule is COc1cc(Cl)ccc1NC(=S)N(Cc1cccnc1)Cc1cccnc1. The van der Waals surface area contributed by atoms with Crippen molar-refractivity contribution in [3.05, 3.63) is 83.4 Å². The minimum absolute atomic E-state index is 0.573. The number of rotatable bonds is 6. The van der Waals surface area contributed by atoms with Crippen molar-refractivity contribution in [2.24, 2.45) is 0 Å². The van der Waals surface area contributed by atoms with Gasteiger partial charge in [-0.2, -0.15) is 0 Å². The van der Waals surface area contributed by atoms with Crippen LogP contribution in [0.4, 0.5) is 5.69 Å². The number of aromatic nitrogens is 2. The molecule has 1 aromatic carbocycles. The molecule has 0 saturated carbocycles. The fourth-order valence-corrected chi connectivity index (χ4v) is 2.99. The second-order valence-electron chi connectivity index (χ2n) is 5.85. The maximum atomic E-state index is 6.04. The summed E-state index contributed by atoms with van der Waals surface area (Å²) >= 11 is 11.7. The van der Waals surface area contributed by atoms with Crippen molar-refractivity contribution in [1.82, 2.24) is 14.9 Å². The molecule has 27 heavy (non-hydrogen) atoms. The third kappa shape index (κ3) is 5.39. The molecule has 5 nitrogen and oxygen atoms in total. The molecule has 0 aliphatic rings. The minimum atomic E-state index is 0.573. The average molecular weight is 399 g/mol. The van der Waals surface area contributed by atoms with Crippen LogP contribution in [0.1, 0.15) is 11.1 Å². The highest BCUT2D eigenvalue weighted by molar-refractivity contribution is 7.80. The second kappa shape index (κ2) is 9.30. The molecule has 0 unspecified atom stereocenters. The van der Waals surface area contributed by atoms with E-state index in [0.717, 1.165) is 16.8 Å². The zero-order valence-corrected chi connectivity index (χ0v) is 16.4. The second-order valence-corrected chi connectivity index (χ2v) is 6.68. The first-order chi connectivity index (χ1) is 13.2. The van der Waals surface area contributed by atoms with Crippen molar-refractivity contribution in [2.75, 3.05) is 12.4 Å². The molecule has 2 heterocycles. The summed E-state index contributed by atoms with van der Waals surface area (Å²) in [6.07, 6.45) is 7.18. The number of nitrogens with zero attached hydrogens (tertiary/aromatic N) is 3. The minimum Gasteiger partial charge on any atom is -0.495 e. The van der Waals surface area contributed by atoms with Gasteiger partial charge in [-0.1, -0.05) is 23.7 Å². The van der Waals surface area contributed by atoms with Crippen LogP contribution >= 0.6 is 23.8 Å². The molecule has 138 valence electrons. The van der Waals surface area contributed by atoms with Gasteiger partial charge in [0.25, 0.3) is 0 Å². The first kappa shape index (κ1) is 19.1. The van der Waals surface area contributed by atoms with E-state index in [1.807, 2.05) is 42.7 Å². The van der Waals surface area contributed by atoms with Crippen LogP contribution in [0.5, 0.6) is 5.75 Å². The summed E-state index contributed by atoms with van der Waals surface area (Å²) < 4.78 is 5.40. The van der Waals surface area contributed by atoms with Gasteiger partial charge in [-0.15, -0.1) is 0 Å². The third-order valence-electron chi connectivity index (χ3n) is 3.88. The van der Waals surface area contributed by atoms with E-state index in [1.165, 1.54) is 0 Å². The third-order valence-corrected chi connectivity index (χ3v) is 4.48. The summed E-state index contributed by atoms with van der Waals surface area (Å²) in [5.74, 6) is 0.632. The van der Waals surface area contributed by atoms with Gasteiger partial charge in [-0.05, 0) is 47.6 Å². The van der Waals surface area contributed by atoms with Gasteiger partial charge in [-0.25, -0.2) is 0 Å². The molecule has 0 saturated heterocycles. The maximum absolute atomic E-state index is 6.04. The molecule has 7 heteroatoms. The van der Waals surface area contributed by atoms with Gasteiger partial charge in [0.05, 0.1) is 12.8 Å². The largest absolute Gasteiger partial charge is 0.495 e. The van der Waals surface area contributed by atoms with E-state index in [-0.39, 0.29) is 0 Å². The Kier molecular flexibility index (Phi) is 6.57. The first-order valence-corrected chi connectivity index (χ1v) is 9.11. The molecule has 0 aliphatic heterocycles. The van der Waals surface area contributed by atoms with Crippen LogP contribution in [0.2, 0.25) is 5.02 Å². The van der Waals surface area contributed by atoms with E-state index < -0.39 is 0 Å². The Hall–Kier alpha value is -2.70. The Morgan fingerprint density at radius 3 is 2.22 bits per heavy atom. The van der Waals surface area contributed by atoms with Crippen molar-refractivity contribution in [3.63, 3.8) is 0 Å². The molecule has 0 amide bonds. The van der Waals surface area contributed by atoms with Crippen molar-refractivity contribution >= 4 is 34.6 Å². The van der Waals surface area contributed by atoms with E-state index >= 15 is 0 Å². The Morgan fingerprint density at radius 1 is 1.07 bits per heavy atom. The van der Waals surface area contributed by atoms with Crippen molar-refractivity contribution in [1.29, 1.82) is 0 Å². The fourth-order valence-electron chi connectivity index (χ4n) is 2.59. The summed E-state index contributed by atoms with van der Waals surface area (Å²) in [6, 6.07) is 13.3. The lowest BCUT2D eigenvalue weighted by Gasteiger charge is -2.26. The van der Waals surface area contributed by atoms with E-state index in [0.29, 0.717) is 29.0 Å². The van der Waals surface area contributed by atoms with Crippen LogP contribution in [0, 0.1) is 0 Å². The zero-order chi connectivity index (χ0) is 19.1. The maximum Gasteiger partial charge on any atom is 0.174 e. The van der Waals surface area contributed by atoms with Crippen LogP contribution < -0.4 is 10.1 Å². The van der Waals surface area contributed by atoms with Gasteiger partial charge < -0.3 is 15.0 Å². The predicted molar refractivity (Wildman–Crippen MR) is 112 cm³/mol. The summed E-state index contributed by atoms with van der Waals surface area (Å²) in [5, 5.41) is 4.44. The lowest BCUT2D eigenvalue weighted by Crippen LogP contribution is -2.34. The molecular formula is C20H19ClN4OS. The van der Waals surface area contributed by atoms with E-state index in [1.54, 1.807) is 31.6 Å². The monoisotopic (exact) mass is 398 g/mol. The predicted octanol–water partition coefficient (Wildman–Crippen LogP) is 4.54. The molecule has 0 aliphatic carbocycles. The molecule has 3 rings (SSSR count). The number of halogens is 1. The molecule has 0 spiro atoms. The molecule has 0 radical (unpaired) electrons. The number of pyridine rings is 2. The van der Waals surface area contributed by atoms with Gasteiger partial charge in [0.1, 0.15) is 5.75 Å². The summed E-state index contributed by atoms with van der Waals surface area (Å²) in [6.45, 7) is 1.23. The Bertz CT molecular complexity index is 851. The first-order valence-electron chi connectivity index (χ1n) is 8.33. The Labute approximate surface area is 169 Å². The lowest BCUT2D eigenvalue weighted by molar-refractivity contribution is 0.408. The van der Waals surface area contributed by atoms with E-state index in [4.69, 9.17) is 28.6 Å². The number of methoxy groups -OCH3 is 1. The van der Waals surface area contributed by atoms with Crippen LogP contribution in [-0.2, 0) is 13.1 Å². The highest BCUT2D eigenvalue weighted by atomic mass is 35.5. The Morgan fingerprint density at radius 2 is 1.70 bits per heavy atom. The number of anilines is 1. The van der Waals surface area contributed by atoms with Crippen molar-refractivity contribution in [3.8, 4) is 5.75 Å². The van der Waals surface area contributed by atoms with Gasteiger partial charge in [-0.3, -0.25) is 9.97 Å². The summed E-state index contributed by atoms with van der Waals surface area (Å²) in [4.78, 5) is 10.4. The molecule has 0 fully saturated rings. The highest BCUT2D eigenvalue weighted by Gasteiger charge is 2.14. The van der Waals surface area contributed by atoms with Gasteiger partial charge in [0.2, 0.25) is 0 Å². The molecule has 2 aromatic heterocycles. The van der Waals surface area contributed by atoms with Crippen LogP contribution in [0.25, 0.3) is 0 Å². The number of hydrogen-bond acceptors (Lipinski definition) is 4. The fraction of sp³-hybridized carbons (Fsp3) is 0.150. The topological polar surface area (TPSA) is 50.3 Å². The smallest absolute Gasteiger partial charge is 0.174 e. The van der Waals surface area contributed by atoms with Gasteiger partial charge >= 0.3 is 0 Å². The highest BCUT2D eigenvalue weighted by Crippen LogP contribution is 2.28. The van der Waals surface area contributed by atoms with Crippen LogP contribution in [0.3, 0.4) is 0 Å².